The van der Waals surface area contributed by atoms with Crippen molar-refractivity contribution in [2.24, 2.45) is 0 Å². The lowest BCUT2D eigenvalue weighted by Crippen LogP contribution is -2.39. The van der Waals surface area contributed by atoms with Gasteiger partial charge in [-0.3, -0.25) is 4.79 Å². The first-order valence-corrected chi connectivity index (χ1v) is 5.39. The molecule has 3 nitrogen and oxygen atoms in total. The Hall–Kier alpha value is -1.42. The largest absolute Gasteiger partial charge is 0.391 e. The van der Waals surface area contributed by atoms with Crippen LogP contribution in [-0.4, -0.2) is 30.6 Å². The maximum atomic E-state index is 13.7. The van der Waals surface area contributed by atoms with Crippen LogP contribution in [0.4, 0.5) is 10.1 Å². The fraction of sp³-hybridized carbons (Fsp3) is 0.417. The van der Waals surface area contributed by atoms with Crippen LogP contribution in [0.15, 0.2) is 18.2 Å². The van der Waals surface area contributed by atoms with E-state index in [0.717, 1.165) is 12.8 Å². The maximum Gasteiger partial charge on any atom is 0.152 e. The zero-order valence-electron chi connectivity index (χ0n) is 8.90. The van der Waals surface area contributed by atoms with Gasteiger partial charge in [-0.1, -0.05) is 6.07 Å². The second kappa shape index (κ2) is 4.61. The summed E-state index contributed by atoms with van der Waals surface area (Å²) in [5, 5.41) is 9.54. The van der Waals surface area contributed by atoms with Crippen LogP contribution in [0.1, 0.15) is 23.2 Å². The van der Waals surface area contributed by atoms with Crippen LogP contribution in [0.5, 0.6) is 0 Å². The third kappa shape index (κ3) is 2.07. The second-order valence-corrected chi connectivity index (χ2v) is 4.04. The van der Waals surface area contributed by atoms with E-state index in [9.17, 15) is 14.3 Å². The molecule has 0 amide bonds. The van der Waals surface area contributed by atoms with Crippen LogP contribution < -0.4 is 4.90 Å². The molecule has 1 saturated heterocycles. The Bertz CT molecular complexity index is 395. The normalized spacial score (nSPS) is 20.9. The van der Waals surface area contributed by atoms with Crippen molar-refractivity contribution in [2.45, 2.75) is 18.9 Å². The van der Waals surface area contributed by atoms with Crippen molar-refractivity contribution in [1.29, 1.82) is 0 Å². The van der Waals surface area contributed by atoms with Crippen molar-refractivity contribution >= 4 is 12.0 Å². The topological polar surface area (TPSA) is 40.5 Å². The number of hydrogen-bond donors (Lipinski definition) is 1. The van der Waals surface area contributed by atoms with E-state index in [2.05, 4.69) is 0 Å². The first-order valence-electron chi connectivity index (χ1n) is 5.39. The highest BCUT2D eigenvalue weighted by molar-refractivity contribution is 5.84. The van der Waals surface area contributed by atoms with Gasteiger partial charge in [0, 0.05) is 18.7 Å². The van der Waals surface area contributed by atoms with Gasteiger partial charge in [-0.05, 0) is 25.0 Å². The highest BCUT2D eigenvalue weighted by Gasteiger charge is 2.22. The van der Waals surface area contributed by atoms with Gasteiger partial charge in [0.1, 0.15) is 5.82 Å². The summed E-state index contributed by atoms with van der Waals surface area (Å²) in [7, 11) is 0. The minimum atomic E-state index is -0.437. The molecule has 0 radical (unpaired) electrons. The summed E-state index contributed by atoms with van der Waals surface area (Å²) in [4.78, 5) is 12.6. The van der Waals surface area contributed by atoms with Crippen LogP contribution in [-0.2, 0) is 0 Å². The zero-order valence-corrected chi connectivity index (χ0v) is 8.90. The second-order valence-electron chi connectivity index (χ2n) is 4.04. The quantitative estimate of drug-likeness (QED) is 0.774. The number of aliphatic hydroxyl groups excluding tert-OH is 1. The van der Waals surface area contributed by atoms with Crippen molar-refractivity contribution in [2.75, 3.05) is 18.0 Å². The summed E-state index contributed by atoms with van der Waals surface area (Å²) in [6.07, 6.45) is 1.77. The van der Waals surface area contributed by atoms with Gasteiger partial charge in [0.05, 0.1) is 11.8 Å². The molecule has 1 fully saturated rings. The smallest absolute Gasteiger partial charge is 0.152 e. The number of aliphatic hydroxyl groups is 1. The molecule has 0 bridgehead atoms. The van der Waals surface area contributed by atoms with Gasteiger partial charge >= 0.3 is 0 Å². The molecule has 86 valence electrons. The Morgan fingerprint density at radius 1 is 1.50 bits per heavy atom. The summed E-state index contributed by atoms with van der Waals surface area (Å²) in [5.74, 6) is -0.404. The number of benzene rings is 1. The monoisotopic (exact) mass is 223 g/mol. The first-order chi connectivity index (χ1) is 7.72. The Morgan fingerprint density at radius 3 is 3.00 bits per heavy atom. The fourth-order valence-corrected chi connectivity index (χ4v) is 2.12. The maximum absolute atomic E-state index is 13.7. The van der Waals surface area contributed by atoms with E-state index in [1.807, 2.05) is 0 Å². The number of halogens is 1. The summed E-state index contributed by atoms with van der Waals surface area (Å²) >= 11 is 0. The Labute approximate surface area is 93.5 Å². The van der Waals surface area contributed by atoms with Gasteiger partial charge in [-0.2, -0.15) is 0 Å². The minimum absolute atomic E-state index is 0.316. The predicted molar refractivity (Wildman–Crippen MR) is 59.2 cm³/mol. The van der Waals surface area contributed by atoms with Gasteiger partial charge in [0.2, 0.25) is 0 Å². The molecule has 0 aromatic heterocycles. The minimum Gasteiger partial charge on any atom is -0.391 e. The van der Waals surface area contributed by atoms with Gasteiger partial charge in [-0.25, -0.2) is 4.39 Å². The fourth-order valence-electron chi connectivity index (χ4n) is 2.12. The van der Waals surface area contributed by atoms with Crippen LogP contribution >= 0.6 is 0 Å². The number of carbonyl (C=O) groups is 1. The number of β-amino-alcohol motifs (C(OH)–C–C–N with tert-alkyl or cyclic N) is 1. The molecule has 4 heteroatoms. The molecule has 16 heavy (non-hydrogen) atoms. The molecule has 1 aliphatic heterocycles. The Balaban J connectivity index is 2.34. The molecule has 1 N–H and O–H groups in total. The van der Waals surface area contributed by atoms with Gasteiger partial charge in [0.15, 0.2) is 6.29 Å². The predicted octanol–water partition coefficient (Wildman–Crippen LogP) is 1.60. The molecule has 1 unspecified atom stereocenters. The third-order valence-corrected chi connectivity index (χ3v) is 2.86. The van der Waals surface area contributed by atoms with E-state index < -0.39 is 11.9 Å². The van der Waals surface area contributed by atoms with Crippen molar-refractivity contribution in [1.82, 2.24) is 0 Å². The lowest BCUT2D eigenvalue weighted by atomic mass is 10.1. The zero-order chi connectivity index (χ0) is 11.5. The number of aldehydes is 1. The Kier molecular flexibility index (Phi) is 3.19. The molecule has 1 aromatic carbocycles. The molecule has 0 spiro atoms. The lowest BCUT2D eigenvalue weighted by molar-refractivity contribution is 0.112. The average molecular weight is 223 g/mol. The molecular weight excluding hydrogens is 209 g/mol. The van der Waals surface area contributed by atoms with Gasteiger partial charge < -0.3 is 10.0 Å². The van der Waals surface area contributed by atoms with E-state index in [4.69, 9.17) is 0 Å². The number of para-hydroxylation sites is 1. The van der Waals surface area contributed by atoms with E-state index in [1.54, 1.807) is 11.0 Å². The number of rotatable bonds is 2. The molecule has 1 aromatic rings. The summed E-state index contributed by atoms with van der Waals surface area (Å²) < 4.78 is 13.7. The SMILES string of the molecule is O=Cc1cccc(F)c1N1CCCC(O)C1. The number of anilines is 1. The van der Waals surface area contributed by atoms with Crippen LogP contribution in [0, 0.1) is 5.82 Å². The van der Waals surface area contributed by atoms with E-state index in [1.165, 1.54) is 12.1 Å². The van der Waals surface area contributed by atoms with Crippen LogP contribution in [0.25, 0.3) is 0 Å². The van der Waals surface area contributed by atoms with E-state index >= 15 is 0 Å². The van der Waals surface area contributed by atoms with Gasteiger partial charge in [0.25, 0.3) is 0 Å². The summed E-state index contributed by atoms with van der Waals surface area (Å²) in [6.45, 7) is 1.07. The number of carbonyl (C=O) groups excluding carboxylic acids is 1. The molecule has 1 aliphatic rings. The standard InChI is InChI=1S/C12H14FNO2/c13-11-5-1-3-9(8-15)12(11)14-6-2-4-10(16)7-14/h1,3,5,8,10,16H,2,4,6-7H2. The highest BCUT2D eigenvalue weighted by atomic mass is 19.1. The van der Waals surface area contributed by atoms with Crippen LogP contribution in [0.2, 0.25) is 0 Å². The van der Waals surface area contributed by atoms with Crippen molar-refractivity contribution in [3.8, 4) is 0 Å². The highest BCUT2D eigenvalue weighted by Crippen LogP contribution is 2.26. The Morgan fingerprint density at radius 2 is 2.31 bits per heavy atom. The number of piperidine rings is 1. The van der Waals surface area contributed by atoms with E-state index in [-0.39, 0.29) is 0 Å². The molecule has 1 atom stereocenters. The third-order valence-electron chi connectivity index (χ3n) is 2.86. The van der Waals surface area contributed by atoms with Crippen molar-refractivity contribution in [3.63, 3.8) is 0 Å². The average Bonchev–Trinajstić information content (AvgIpc) is 2.28. The summed E-state index contributed by atoms with van der Waals surface area (Å²) in [6, 6.07) is 4.44. The van der Waals surface area contributed by atoms with Gasteiger partial charge in [-0.15, -0.1) is 0 Å². The molecule has 0 saturated carbocycles. The number of nitrogens with zero attached hydrogens (tertiary/aromatic N) is 1. The lowest BCUT2D eigenvalue weighted by Gasteiger charge is -2.32. The first kappa shape index (κ1) is 11.1. The van der Waals surface area contributed by atoms with Crippen molar-refractivity contribution < 1.29 is 14.3 Å². The molecular formula is C12H14FNO2. The molecule has 0 aliphatic carbocycles. The summed E-state index contributed by atoms with van der Waals surface area (Å²) in [5.41, 5.74) is 0.658. The van der Waals surface area contributed by atoms with Crippen molar-refractivity contribution in [3.05, 3.63) is 29.6 Å². The number of hydrogen-bond acceptors (Lipinski definition) is 3. The van der Waals surface area contributed by atoms with Crippen LogP contribution in [0.3, 0.4) is 0 Å². The molecule has 2 rings (SSSR count). The molecule has 1 heterocycles. The van der Waals surface area contributed by atoms with E-state index in [0.29, 0.717) is 30.6 Å².